The molecule has 0 rings (SSSR count). The molecule has 0 saturated heterocycles. The Hall–Kier alpha value is 0.874. The molecule has 0 aliphatic rings. The molecule has 0 saturated carbocycles. The van der Waals surface area contributed by atoms with E-state index in [0.717, 1.165) is 6.42 Å². The zero-order valence-corrected chi connectivity index (χ0v) is 14.3. The number of aliphatic carboxylic acids is 2. The normalized spacial score (nSPS) is 9.88. The van der Waals surface area contributed by atoms with Gasteiger partial charge in [-0.1, -0.05) is 61.6 Å². The number of rotatable bonds is 3. The molecule has 0 amide bonds. The summed E-state index contributed by atoms with van der Waals surface area (Å²) in [5, 5.41) is 19.6. The second-order valence-corrected chi connectivity index (χ2v) is 9.85. The Labute approximate surface area is 130 Å². The third kappa shape index (κ3) is 20.3. The molecule has 0 N–H and O–H groups in total. The van der Waals surface area contributed by atoms with Gasteiger partial charge in [0, 0.05) is 5.97 Å². The summed E-state index contributed by atoms with van der Waals surface area (Å²) in [4.78, 5) is 19.6. The van der Waals surface area contributed by atoms with Crippen molar-refractivity contribution in [1.29, 1.82) is 0 Å². The first-order chi connectivity index (χ1) is 6.57. The minimum atomic E-state index is -1.26. The molecule has 0 aromatic carbocycles. The molecule has 16 heavy (non-hydrogen) atoms. The second kappa shape index (κ2) is 11.0. The van der Waals surface area contributed by atoms with Gasteiger partial charge >= 0.3 is 16.5 Å². The van der Waals surface area contributed by atoms with Gasteiger partial charge < -0.3 is 19.8 Å². The van der Waals surface area contributed by atoms with Crippen molar-refractivity contribution in [3.8, 4) is 0 Å². The number of alkyl halides is 3. The Kier molecular flexibility index (Phi) is 15.2. The fourth-order valence-corrected chi connectivity index (χ4v) is 0.407. The maximum absolute atomic E-state index is 9.79. The van der Waals surface area contributed by atoms with Crippen molar-refractivity contribution in [2.45, 2.75) is 28.8 Å². The molecule has 0 spiro atoms. The molecule has 8 heteroatoms. The minimum absolute atomic E-state index is 0. The van der Waals surface area contributed by atoms with Gasteiger partial charge in [-0.05, 0) is 18.8 Å². The first-order valence-corrected chi connectivity index (χ1v) is 6.43. The van der Waals surface area contributed by atoms with E-state index in [9.17, 15) is 19.8 Å². The number of carboxylic acids is 2. The summed E-state index contributed by atoms with van der Waals surface area (Å²) in [6.07, 6.45) is 0.917. The van der Waals surface area contributed by atoms with E-state index in [1.165, 1.54) is 0 Å². The van der Waals surface area contributed by atoms with Crippen LogP contribution in [-0.4, -0.2) is 14.1 Å². The maximum atomic E-state index is 9.79. The summed E-state index contributed by atoms with van der Waals surface area (Å²) < 4.78 is -1.26. The summed E-state index contributed by atoms with van der Waals surface area (Å²) in [5.41, 5.74) is 0. The predicted octanol–water partition coefficient (Wildman–Crippen LogP) is 0.745. The van der Waals surface area contributed by atoms with Gasteiger partial charge in [-0.25, -0.2) is 0 Å². The van der Waals surface area contributed by atoms with E-state index in [2.05, 4.69) is 47.8 Å². The van der Waals surface area contributed by atoms with Gasteiger partial charge in [0.05, 0.1) is 5.97 Å². The van der Waals surface area contributed by atoms with Crippen LogP contribution >= 0.6 is 47.8 Å². The van der Waals surface area contributed by atoms with Crippen LogP contribution < -0.4 is 10.2 Å². The number of carboxylic acid groups (broad SMARTS) is 2. The Bertz CT molecular complexity index is 216. The topological polar surface area (TPSA) is 80.3 Å². The van der Waals surface area contributed by atoms with Crippen molar-refractivity contribution < 1.29 is 36.3 Å². The molecule has 0 aromatic heterocycles. The summed E-state index contributed by atoms with van der Waals surface area (Å²) in [7, 11) is 0. The standard InChI is InChI=1S/C6H12O2.C2HBr3O2.Ni/c1-5(2)3-4-6(7)8;3-2(4,5)1(6)7;/h5H,3-4H2,1-2H3,(H,7,8);(H,6,7);/q;;+2/p-2. The van der Waals surface area contributed by atoms with Gasteiger partial charge in [0.15, 0.2) is 2.14 Å². The molecular weight excluding hydrogens is 458 g/mol. The molecule has 0 atom stereocenters. The molecule has 0 radical (unpaired) electrons. The van der Waals surface area contributed by atoms with E-state index in [-0.39, 0.29) is 22.9 Å². The molecular formula is C8H11Br3NiO4. The average molecular weight is 470 g/mol. The smallest absolute Gasteiger partial charge is 0.550 e. The third-order valence-electron chi connectivity index (χ3n) is 1.16. The van der Waals surface area contributed by atoms with Gasteiger partial charge in [0.1, 0.15) is 0 Å². The van der Waals surface area contributed by atoms with Crippen LogP contribution in [0.4, 0.5) is 0 Å². The van der Waals surface area contributed by atoms with E-state index in [1.54, 1.807) is 0 Å². The average Bonchev–Trinajstić information content (AvgIpc) is 2.00. The molecule has 98 valence electrons. The Morgan fingerprint density at radius 3 is 1.56 bits per heavy atom. The van der Waals surface area contributed by atoms with Gasteiger partial charge in [-0.3, -0.25) is 0 Å². The third-order valence-corrected chi connectivity index (χ3v) is 2.13. The Morgan fingerprint density at radius 2 is 1.50 bits per heavy atom. The van der Waals surface area contributed by atoms with Crippen molar-refractivity contribution in [3.05, 3.63) is 0 Å². The SMILES string of the molecule is CC(C)CCC(=O)[O-].O=C([O-])C(Br)(Br)Br.[Ni+2]. The number of hydrogen-bond donors (Lipinski definition) is 0. The van der Waals surface area contributed by atoms with Crippen molar-refractivity contribution in [2.75, 3.05) is 0 Å². The first kappa shape index (κ1) is 22.1. The summed E-state index contributed by atoms with van der Waals surface area (Å²) in [6.45, 7) is 3.98. The predicted molar refractivity (Wildman–Crippen MR) is 63.6 cm³/mol. The summed E-state index contributed by atoms with van der Waals surface area (Å²) in [6, 6.07) is 0. The molecule has 0 aromatic rings. The summed E-state index contributed by atoms with van der Waals surface area (Å²) in [5.74, 6) is -1.74. The van der Waals surface area contributed by atoms with Crippen LogP contribution in [0.5, 0.6) is 0 Å². The minimum Gasteiger partial charge on any atom is -0.550 e. The second-order valence-electron chi connectivity index (χ2n) is 3.09. The quantitative estimate of drug-likeness (QED) is 0.451. The monoisotopic (exact) mass is 466 g/mol. The van der Waals surface area contributed by atoms with E-state index < -0.39 is 14.1 Å². The van der Waals surface area contributed by atoms with Crippen molar-refractivity contribution in [3.63, 3.8) is 0 Å². The van der Waals surface area contributed by atoms with Crippen molar-refractivity contribution >= 4 is 59.7 Å². The molecule has 0 aliphatic heterocycles. The van der Waals surface area contributed by atoms with Gasteiger partial charge in [0.25, 0.3) is 0 Å². The molecule has 0 heterocycles. The fourth-order valence-electron chi connectivity index (χ4n) is 0.407. The fraction of sp³-hybridized carbons (Fsp3) is 0.750. The van der Waals surface area contributed by atoms with Crippen LogP contribution in [0.3, 0.4) is 0 Å². The Balaban J connectivity index is -0.000000200. The summed E-state index contributed by atoms with van der Waals surface area (Å²) >= 11 is 8.14. The van der Waals surface area contributed by atoms with E-state index in [4.69, 9.17) is 0 Å². The molecule has 0 aliphatic carbocycles. The van der Waals surface area contributed by atoms with Crippen LogP contribution in [0, 0.1) is 5.92 Å². The Morgan fingerprint density at radius 1 is 1.19 bits per heavy atom. The molecule has 0 unspecified atom stereocenters. The van der Waals surface area contributed by atoms with Crippen LogP contribution in [0.2, 0.25) is 0 Å². The van der Waals surface area contributed by atoms with Gasteiger partial charge in [-0.15, -0.1) is 0 Å². The van der Waals surface area contributed by atoms with Crippen LogP contribution in [-0.2, 0) is 26.1 Å². The first-order valence-electron chi connectivity index (χ1n) is 4.05. The van der Waals surface area contributed by atoms with Crippen LogP contribution in [0.15, 0.2) is 0 Å². The van der Waals surface area contributed by atoms with E-state index in [1.807, 2.05) is 13.8 Å². The van der Waals surface area contributed by atoms with Crippen molar-refractivity contribution in [2.24, 2.45) is 5.92 Å². The zero-order chi connectivity index (χ0) is 12.6. The molecule has 0 fully saturated rings. The van der Waals surface area contributed by atoms with Gasteiger partial charge in [-0.2, -0.15) is 0 Å². The van der Waals surface area contributed by atoms with Crippen LogP contribution in [0.1, 0.15) is 26.7 Å². The number of carbonyl (C=O) groups excluding carboxylic acids is 2. The van der Waals surface area contributed by atoms with E-state index in [0.29, 0.717) is 5.92 Å². The van der Waals surface area contributed by atoms with Gasteiger partial charge in [0.2, 0.25) is 0 Å². The van der Waals surface area contributed by atoms with E-state index >= 15 is 0 Å². The van der Waals surface area contributed by atoms with Crippen LogP contribution in [0.25, 0.3) is 0 Å². The molecule has 4 nitrogen and oxygen atoms in total. The van der Waals surface area contributed by atoms with Crippen molar-refractivity contribution in [1.82, 2.24) is 0 Å². The zero-order valence-electron chi connectivity index (χ0n) is 8.57. The number of halogens is 3. The number of carbonyl (C=O) groups is 2. The largest absolute Gasteiger partial charge is 2.00 e. The maximum Gasteiger partial charge on any atom is 2.00 e. The number of hydrogen-bond acceptors (Lipinski definition) is 4. The molecule has 0 bridgehead atoms.